The third-order valence-corrected chi connectivity index (χ3v) is 16.1. The Hall–Kier alpha value is -2.92. The molecule has 68 heavy (non-hydrogen) atoms. The van der Waals surface area contributed by atoms with Crippen LogP contribution in [0.3, 0.4) is 0 Å². The molecule has 0 spiro atoms. The van der Waals surface area contributed by atoms with Crippen molar-refractivity contribution >= 4 is 81.7 Å². The first-order valence-electron chi connectivity index (χ1n) is 23.5. The molecule has 2 saturated heterocycles. The summed E-state index contributed by atoms with van der Waals surface area (Å²) in [5.41, 5.74) is 1.83. The minimum atomic E-state index is -1.02. The molecular weight excluding hydrogens is 971 g/mol. The van der Waals surface area contributed by atoms with E-state index in [4.69, 9.17) is 55.9 Å². The van der Waals surface area contributed by atoms with Crippen LogP contribution in [-0.4, -0.2) is 65.9 Å². The number of nitrogens with zero attached hydrogens (tertiary/aromatic N) is 2. The van der Waals surface area contributed by atoms with Gasteiger partial charge in [-0.15, -0.1) is 13.2 Å². The summed E-state index contributed by atoms with van der Waals surface area (Å²) in [4.78, 5) is 32.4. The molecule has 4 aromatic rings. The van der Waals surface area contributed by atoms with Crippen LogP contribution in [-0.2, 0) is 19.1 Å². The Morgan fingerprint density at radius 3 is 1.19 bits per heavy atom. The van der Waals surface area contributed by atoms with Crippen molar-refractivity contribution in [2.24, 2.45) is 0 Å². The van der Waals surface area contributed by atoms with Crippen molar-refractivity contribution in [3.8, 4) is 0 Å². The van der Waals surface area contributed by atoms with Gasteiger partial charge in [-0.2, -0.15) is 23.5 Å². The Morgan fingerprint density at radius 1 is 0.574 bits per heavy atom. The fraction of sp³-hybridized carbons (Fsp3) is 0.464. The fourth-order valence-corrected chi connectivity index (χ4v) is 11.7. The van der Waals surface area contributed by atoms with Crippen molar-refractivity contribution in [2.75, 3.05) is 11.5 Å². The van der Waals surface area contributed by atoms with Gasteiger partial charge in [-0.1, -0.05) is 162 Å². The standard InChI is InChI=1S/2C28H35Cl2NO2S/c2*1-7-16-28(6)26(32)31(23(8-2)18-34-27(3,4)5)24(19-12-14-21(29)15-13-19)25(33-28)20-10-9-11-22(30)17-20/h2*7,9-15,17,23-25H,1,8,16,18H2,2-6H3/t23-,24+,25+,28+;23-,24+,25+,28-/m00/s1. The van der Waals surface area contributed by atoms with Crippen LogP contribution in [0.1, 0.15) is 141 Å². The molecular formula is C56H70Cl4N2O4S2. The average Bonchev–Trinajstić information content (AvgIpc) is 3.27. The first-order chi connectivity index (χ1) is 32.0. The molecule has 6 rings (SSSR count). The van der Waals surface area contributed by atoms with Crippen LogP contribution in [0.5, 0.6) is 0 Å². The summed E-state index contributed by atoms with van der Waals surface area (Å²) in [7, 11) is 0. The van der Waals surface area contributed by atoms with E-state index in [0.29, 0.717) is 32.9 Å². The van der Waals surface area contributed by atoms with Crippen LogP contribution in [0.2, 0.25) is 20.1 Å². The molecule has 368 valence electrons. The molecule has 0 unspecified atom stereocenters. The summed E-state index contributed by atoms with van der Waals surface area (Å²) in [6.45, 7) is 29.1. The molecule has 2 aliphatic rings. The molecule has 12 heteroatoms. The lowest BCUT2D eigenvalue weighted by Gasteiger charge is -2.52. The highest BCUT2D eigenvalue weighted by atomic mass is 35.5. The van der Waals surface area contributed by atoms with E-state index in [1.807, 2.05) is 134 Å². The number of hydrogen-bond acceptors (Lipinski definition) is 6. The predicted octanol–water partition coefficient (Wildman–Crippen LogP) is 16.6. The number of ether oxygens (including phenoxy) is 2. The highest BCUT2D eigenvalue weighted by Gasteiger charge is 2.53. The summed E-state index contributed by atoms with van der Waals surface area (Å²) in [5.74, 6) is 1.66. The monoisotopic (exact) mass is 1040 g/mol. The number of hydrogen-bond donors (Lipinski definition) is 0. The quantitative estimate of drug-likeness (QED) is 0.104. The SMILES string of the molecule is C=CC[C@@]1(C)O[C@H](c2cccc(Cl)c2)[C@@H](c2ccc(Cl)cc2)N([C@@H](CC)CSC(C)(C)C)C1=O.C=CC[C@]1(C)O[C@H](c2cccc(Cl)c2)[C@@H](c2ccc(Cl)cc2)N([C@@H](CC)CSC(C)(C)C)C1=O. The van der Waals surface area contributed by atoms with Crippen molar-refractivity contribution < 1.29 is 19.1 Å². The number of benzene rings is 4. The predicted molar refractivity (Wildman–Crippen MR) is 292 cm³/mol. The van der Waals surface area contributed by atoms with Gasteiger partial charge in [0.15, 0.2) is 0 Å². The zero-order chi connectivity index (χ0) is 50.2. The number of amides is 2. The van der Waals surface area contributed by atoms with Crippen molar-refractivity contribution in [2.45, 2.75) is 152 Å². The van der Waals surface area contributed by atoms with Gasteiger partial charge in [-0.25, -0.2) is 0 Å². The topological polar surface area (TPSA) is 59.1 Å². The Kier molecular flexibility index (Phi) is 19.8. The molecule has 2 amide bonds. The Balaban J connectivity index is 0.000000254. The number of carbonyl (C=O) groups excluding carboxylic acids is 2. The third-order valence-electron chi connectivity index (χ3n) is 12.3. The zero-order valence-electron chi connectivity index (χ0n) is 41.4. The maximum atomic E-state index is 14.1. The van der Waals surface area contributed by atoms with Gasteiger partial charge in [0.05, 0.1) is 12.1 Å². The minimum absolute atomic E-state index is 0.00742. The number of thioether (sulfide) groups is 2. The number of rotatable bonds is 16. The Morgan fingerprint density at radius 2 is 0.912 bits per heavy atom. The van der Waals surface area contributed by atoms with E-state index in [0.717, 1.165) is 46.6 Å². The minimum Gasteiger partial charge on any atom is -0.355 e. The van der Waals surface area contributed by atoms with Crippen LogP contribution < -0.4 is 0 Å². The number of halogens is 4. The van der Waals surface area contributed by atoms with Crippen molar-refractivity contribution in [1.29, 1.82) is 0 Å². The molecule has 8 atom stereocenters. The second kappa shape index (κ2) is 24.0. The highest BCUT2D eigenvalue weighted by molar-refractivity contribution is 8.00. The molecule has 2 aliphatic heterocycles. The van der Waals surface area contributed by atoms with Gasteiger partial charge in [-0.3, -0.25) is 9.59 Å². The molecule has 4 aromatic carbocycles. The maximum absolute atomic E-state index is 14.1. The van der Waals surface area contributed by atoms with Gasteiger partial charge >= 0.3 is 0 Å². The molecule has 0 aromatic heterocycles. The zero-order valence-corrected chi connectivity index (χ0v) is 46.0. The smallest absolute Gasteiger partial charge is 0.255 e. The molecule has 0 aliphatic carbocycles. The summed E-state index contributed by atoms with van der Waals surface area (Å²) in [6, 6.07) is 30.4. The Bertz CT molecular complexity index is 2170. The van der Waals surface area contributed by atoms with Crippen LogP contribution >= 0.6 is 69.9 Å². The van der Waals surface area contributed by atoms with Crippen molar-refractivity contribution in [1.82, 2.24) is 9.80 Å². The largest absolute Gasteiger partial charge is 0.355 e. The van der Waals surface area contributed by atoms with E-state index in [1.165, 1.54) is 0 Å². The molecule has 0 bridgehead atoms. The lowest BCUT2D eigenvalue weighted by atomic mass is 9.86. The second-order valence-electron chi connectivity index (χ2n) is 20.0. The molecule has 2 heterocycles. The van der Waals surface area contributed by atoms with Crippen molar-refractivity contribution in [3.63, 3.8) is 0 Å². The molecule has 6 nitrogen and oxygen atoms in total. The van der Waals surface area contributed by atoms with Crippen LogP contribution in [0, 0.1) is 0 Å². The molecule has 2 fully saturated rings. The lowest BCUT2D eigenvalue weighted by molar-refractivity contribution is -0.201. The van der Waals surface area contributed by atoms with Gasteiger partial charge in [0, 0.05) is 66.0 Å². The van der Waals surface area contributed by atoms with E-state index in [9.17, 15) is 9.59 Å². The summed E-state index contributed by atoms with van der Waals surface area (Å²) >= 11 is 29.0. The first kappa shape index (κ1) is 56.0. The number of morpholine rings is 2. The van der Waals surface area contributed by atoms with Gasteiger partial charge in [0.2, 0.25) is 0 Å². The fourth-order valence-electron chi connectivity index (χ4n) is 8.83. The van der Waals surface area contributed by atoms with Crippen LogP contribution in [0.25, 0.3) is 0 Å². The first-order valence-corrected chi connectivity index (χ1v) is 27.0. The summed E-state index contributed by atoms with van der Waals surface area (Å²) in [6.07, 6.45) is 5.27. The van der Waals surface area contributed by atoms with E-state index in [2.05, 4.69) is 78.3 Å². The van der Waals surface area contributed by atoms with E-state index in [-0.39, 0.29) is 45.5 Å². The highest BCUT2D eigenvalue weighted by Crippen LogP contribution is 2.50. The number of carbonyl (C=O) groups is 2. The van der Waals surface area contributed by atoms with Gasteiger partial charge in [-0.05, 0) is 97.5 Å². The maximum Gasteiger partial charge on any atom is 0.255 e. The van der Waals surface area contributed by atoms with Gasteiger partial charge in [0.25, 0.3) is 11.8 Å². The molecule has 0 N–H and O–H groups in total. The Labute approximate surface area is 435 Å². The molecule has 0 saturated carbocycles. The van der Waals surface area contributed by atoms with Gasteiger partial charge < -0.3 is 19.3 Å². The van der Waals surface area contributed by atoms with Crippen molar-refractivity contribution in [3.05, 3.63) is 165 Å². The van der Waals surface area contributed by atoms with Crippen LogP contribution in [0.15, 0.2) is 122 Å². The van der Waals surface area contributed by atoms with Crippen LogP contribution in [0.4, 0.5) is 0 Å². The van der Waals surface area contributed by atoms with E-state index >= 15 is 0 Å². The van der Waals surface area contributed by atoms with Gasteiger partial charge in [0.1, 0.15) is 23.4 Å². The van der Waals surface area contributed by atoms with E-state index < -0.39 is 23.4 Å². The summed E-state index contributed by atoms with van der Waals surface area (Å²) < 4.78 is 13.5. The van der Waals surface area contributed by atoms with E-state index in [1.54, 1.807) is 12.2 Å². The molecule has 0 radical (unpaired) electrons. The third kappa shape index (κ3) is 14.1. The summed E-state index contributed by atoms with van der Waals surface area (Å²) in [5, 5.41) is 2.59. The normalized spacial score (nSPS) is 24.2. The lowest BCUT2D eigenvalue weighted by Crippen LogP contribution is -2.60. The second-order valence-corrected chi connectivity index (χ2v) is 25.5. The average molecular weight is 1040 g/mol.